The zero-order chi connectivity index (χ0) is 18.6. The van der Waals surface area contributed by atoms with Gasteiger partial charge in [-0.05, 0) is 29.8 Å². The highest BCUT2D eigenvalue weighted by Gasteiger charge is 2.29. The lowest BCUT2D eigenvalue weighted by Gasteiger charge is -2.17. The van der Waals surface area contributed by atoms with Crippen molar-refractivity contribution in [3.05, 3.63) is 53.6 Å². The van der Waals surface area contributed by atoms with E-state index < -0.39 is 24.1 Å². The maximum atomic E-state index is 12.1. The molecule has 0 bridgehead atoms. The summed E-state index contributed by atoms with van der Waals surface area (Å²) in [5, 5.41) is 38.1. The fraction of sp³-hybridized carbons (Fsp3) is 0.176. The van der Waals surface area contributed by atoms with Crippen molar-refractivity contribution < 1.29 is 39.5 Å². The van der Waals surface area contributed by atoms with Crippen LogP contribution < -0.4 is 4.74 Å². The summed E-state index contributed by atoms with van der Waals surface area (Å²) in [4.78, 5) is 23.4. The average Bonchev–Trinajstić information content (AvgIpc) is 2.60. The first-order valence-electron chi connectivity index (χ1n) is 7.10. The summed E-state index contributed by atoms with van der Waals surface area (Å²) in [7, 11) is 1.30. The van der Waals surface area contributed by atoms with Gasteiger partial charge in [0, 0.05) is 5.56 Å². The van der Waals surface area contributed by atoms with Crippen LogP contribution >= 0.6 is 0 Å². The molecule has 0 saturated carbocycles. The average molecular weight is 348 g/mol. The zero-order valence-corrected chi connectivity index (χ0v) is 13.1. The number of benzene rings is 2. The van der Waals surface area contributed by atoms with Crippen molar-refractivity contribution >= 4 is 11.9 Å². The molecule has 2 aromatic carbocycles. The van der Waals surface area contributed by atoms with Gasteiger partial charge in [0.2, 0.25) is 6.10 Å². The molecule has 0 aliphatic carbocycles. The Morgan fingerprint density at radius 3 is 2.16 bits per heavy atom. The molecule has 2 aromatic rings. The SMILES string of the molecule is COc1cc(C(O)C(=O)OC(C(=O)O)c2ccc(O)cc2)ccc1O. The molecule has 4 N–H and O–H groups in total. The molecule has 132 valence electrons. The van der Waals surface area contributed by atoms with Gasteiger partial charge in [-0.3, -0.25) is 0 Å². The van der Waals surface area contributed by atoms with Gasteiger partial charge in [0.25, 0.3) is 0 Å². The van der Waals surface area contributed by atoms with Crippen LogP contribution in [0.25, 0.3) is 0 Å². The van der Waals surface area contributed by atoms with E-state index in [2.05, 4.69) is 0 Å². The quantitative estimate of drug-likeness (QED) is 0.577. The Kier molecular flexibility index (Phi) is 5.45. The number of carboxylic acids is 1. The molecule has 0 spiro atoms. The molecule has 0 aliphatic rings. The predicted octanol–water partition coefficient (Wildman–Crippen LogP) is 1.51. The molecular formula is C17H16O8. The van der Waals surface area contributed by atoms with E-state index in [9.17, 15) is 30.0 Å². The molecule has 0 aromatic heterocycles. The van der Waals surface area contributed by atoms with Crippen LogP contribution in [-0.4, -0.2) is 39.5 Å². The highest BCUT2D eigenvalue weighted by molar-refractivity contribution is 5.82. The van der Waals surface area contributed by atoms with E-state index in [0.717, 1.165) is 0 Å². The number of aromatic hydroxyl groups is 2. The first kappa shape index (κ1) is 18.1. The first-order chi connectivity index (χ1) is 11.8. The molecule has 0 aliphatic heterocycles. The molecule has 0 amide bonds. The van der Waals surface area contributed by atoms with Gasteiger partial charge in [0.15, 0.2) is 17.6 Å². The molecule has 0 heterocycles. The van der Waals surface area contributed by atoms with Crippen LogP contribution in [0.3, 0.4) is 0 Å². The molecule has 2 rings (SSSR count). The Balaban J connectivity index is 2.20. The lowest BCUT2D eigenvalue weighted by Crippen LogP contribution is -2.23. The topological polar surface area (TPSA) is 134 Å². The lowest BCUT2D eigenvalue weighted by molar-refractivity contribution is -0.171. The number of aliphatic hydroxyl groups is 1. The molecule has 0 saturated heterocycles. The summed E-state index contributed by atoms with van der Waals surface area (Å²) in [5.74, 6) is -2.84. The molecular weight excluding hydrogens is 332 g/mol. The van der Waals surface area contributed by atoms with Gasteiger partial charge in [0.1, 0.15) is 5.75 Å². The Bertz CT molecular complexity index is 769. The van der Waals surface area contributed by atoms with Crippen molar-refractivity contribution in [3.63, 3.8) is 0 Å². The van der Waals surface area contributed by atoms with Crippen molar-refractivity contribution in [3.8, 4) is 17.2 Å². The minimum Gasteiger partial charge on any atom is -0.508 e. The molecule has 8 nitrogen and oxygen atoms in total. The predicted molar refractivity (Wildman–Crippen MR) is 84.2 cm³/mol. The van der Waals surface area contributed by atoms with Crippen molar-refractivity contribution in [2.24, 2.45) is 0 Å². The maximum Gasteiger partial charge on any atom is 0.349 e. The highest BCUT2D eigenvalue weighted by Crippen LogP contribution is 2.30. The second-order valence-corrected chi connectivity index (χ2v) is 5.08. The number of carboxylic acid groups (broad SMARTS) is 1. The number of methoxy groups -OCH3 is 1. The number of esters is 1. The number of phenolic OH excluding ortho intramolecular Hbond substituents is 2. The normalized spacial score (nSPS) is 12.9. The van der Waals surface area contributed by atoms with Gasteiger partial charge in [-0.25, -0.2) is 9.59 Å². The number of carbonyl (C=O) groups is 2. The zero-order valence-electron chi connectivity index (χ0n) is 13.1. The maximum absolute atomic E-state index is 12.1. The van der Waals surface area contributed by atoms with Gasteiger partial charge >= 0.3 is 11.9 Å². The highest BCUT2D eigenvalue weighted by atomic mass is 16.6. The smallest absolute Gasteiger partial charge is 0.349 e. The van der Waals surface area contributed by atoms with Crippen molar-refractivity contribution in [1.29, 1.82) is 0 Å². The minimum atomic E-state index is -1.77. The number of carbonyl (C=O) groups excluding carboxylic acids is 1. The molecule has 2 unspecified atom stereocenters. The van der Waals surface area contributed by atoms with Crippen LogP contribution in [0.4, 0.5) is 0 Å². The van der Waals surface area contributed by atoms with E-state index in [0.29, 0.717) is 0 Å². The second kappa shape index (κ2) is 7.54. The summed E-state index contributed by atoms with van der Waals surface area (Å²) >= 11 is 0. The summed E-state index contributed by atoms with van der Waals surface area (Å²) in [6.45, 7) is 0. The van der Waals surface area contributed by atoms with Gasteiger partial charge in [-0.15, -0.1) is 0 Å². The van der Waals surface area contributed by atoms with Gasteiger partial charge in [-0.1, -0.05) is 18.2 Å². The third-order valence-corrected chi connectivity index (χ3v) is 3.40. The van der Waals surface area contributed by atoms with E-state index in [-0.39, 0.29) is 28.4 Å². The van der Waals surface area contributed by atoms with E-state index in [1.165, 1.54) is 49.6 Å². The fourth-order valence-electron chi connectivity index (χ4n) is 2.09. The summed E-state index contributed by atoms with van der Waals surface area (Å²) in [5.41, 5.74) is 0.184. The number of hydrogen-bond acceptors (Lipinski definition) is 7. The van der Waals surface area contributed by atoms with Crippen LogP contribution in [0.15, 0.2) is 42.5 Å². The number of ether oxygens (including phenoxy) is 2. The standard InChI is InChI=1S/C17H16O8/c1-24-13-8-10(4-7-12(13)19)14(20)17(23)25-15(16(21)22)9-2-5-11(18)6-3-9/h2-8,14-15,18-20H,1H3,(H,21,22). The Morgan fingerprint density at radius 1 is 1.00 bits per heavy atom. The van der Waals surface area contributed by atoms with Gasteiger partial charge in [0.05, 0.1) is 7.11 Å². The number of aliphatic carboxylic acids is 1. The lowest BCUT2D eigenvalue weighted by atomic mass is 10.1. The van der Waals surface area contributed by atoms with Crippen molar-refractivity contribution in [1.82, 2.24) is 0 Å². The second-order valence-electron chi connectivity index (χ2n) is 5.08. The third kappa shape index (κ3) is 4.18. The number of aliphatic hydroxyl groups excluding tert-OH is 1. The van der Waals surface area contributed by atoms with Gasteiger partial charge < -0.3 is 29.9 Å². The molecule has 25 heavy (non-hydrogen) atoms. The van der Waals surface area contributed by atoms with Crippen molar-refractivity contribution in [2.75, 3.05) is 7.11 Å². The molecule has 2 atom stereocenters. The van der Waals surface area contributed by atoms with E-state index in [1.54, 1.807) is 0 Å². The monoisotopic (exact) mass is 348 g/mol. The van der Waals surface area contributed by atoms with Crippen LogP contribution in [0.2, 0.25) is 0 Å². The summed E-state index contributed by atoms with van der Waals surface area (Å²) in [6.07, 6.45) is -3.42. The largest absolute Gasteiger partial charge is 0.508 e. The molecule has 8 heteroatoms. The fourth-order valence-corrected chi connectivity index (χ4v) is 2.09. The number of hydrogen-bond donors (Lipinski definition) is 4. The molecule has 0 fully saturated rings. The van der Waals surface area contributed by atoms with Crippen LogP contribution in [0, 0.1) is 0 Å². The Labute approximate surface area is 142 Å². The van der Waals surface area contributed by atoms with Gasteiger partial charge in [-0.2, -0.15) is 0 Å². The van der Waals surface area contributed by atoms with E-state index in [4.69, 9.17) is 9.47 Å². The van der Waals surface area contributed by atoms with Crippen LogP contribution in [-0.2, 0) is 14.3 Å². The summed E-state index contributed by atoms with van der Waals surface area (Å²) < 4.78 is 9.77. The minimum absolute atomic E-state index is 0.0395. The summed E-state index contributed by atoms with van der Waals surface area (Å²) in [6, 6.07) is 8.81. The van der Waals surface area contributed by atoms with Crippen LogP contribution in [0.1, 0.15) is 23.3 Å². The number of rotatable bonds is 6. The Morgan fingerprint density at radius 2 is 1.60 bits per heavy atom. The number of phenols is 2. The Hall–Kier alpha value is -3.26. The van der Waals surface area contributed by atoms with E-state index >= 15 is 0 Å². The first-order valence-corrected chi connectivity index (χ1v) is 7.10. The third-order valence-electron chi connectivity index (χ3n) is 3.40. The van der Waals surface area contributed by atoms with Crippen LogP contribution in [0.5, 0.6) is 17.2 Å². The van der Waals surface area contributed by atoms with E-state index in [1.807, 2.05) is 0 Å². The van der Waals surface area contributed by atoms with Crippen molar-refractivity contribution in [2.45, 2.75) is 12.2 Å². The molecule has 0 radical (unpaired) electrons.